The predicted octanol–water partition coefficient (Wildman–Crippen LogP) is 2.86. The highest BCUT2D eigenvalue weighted by Crippen LogP contribution is 2.27. The molecule has 0 radical (unpaired) electrons. The summed E-state index contributed by atoms with van der Waals surface area (Å²) in [6, 6.07) is 9.78. The average Bonchev–Trinajstić information content (AvgIpc) is 2.62. The number of carbonyl (C=O) groups excluding carboxylic acids is 1. The fourth-order valence-electron chi connectivity index (χ4n) is 2.54. The van der Waals surface area contributed by atoms with Gasteiger partial charge in [0, 0.05) is 28.8 Å². The highest BCUT2D eigenvalue weighted by Gasteiger charge is 2.29. The lowest BCUT2D eigenvalue weighted by atomic mass is 10.2. The summed E-state index contributed by atoms with van der Waals surface area (Å²) in [6.07, 6.45) is 0. The number of benzene rings is 2. The van der Waals surface area contributed by atoms with Crippen LogP contribution < -0.4 is 5.32 Å². The third kappa shape index (κ3) is 4.12. The van der Waals surface area contributed by atoms with Crippen LogP contribution in [0.5, 0.6) is 0 Å². The van der Waals surface area contributed by atoms with Crippen molar-refractivity contribution in [2.24, 2.45) is 0 Å². The first kappa shape index (κ1) is 19.0. The minimum atomic E-state index is -3.76. The van der Waals surface area contributed by atoms with Crippen LogP contribution in [0.4, 0.5) is 10.1 Å². The maximum atomic E-state index is 13.2. The van der Waals surface area contributed by atoms with Gasteiger partial charge in [-0.25, -0.2) is 12.8 Å². The fourth-order valence-corrected chi connectivity index (χ4v) is 4.90. The van der Waals surface area contributed by atoms with Gasteiger partial charge in [0.25, 0.3) is 5.91 Å². The molecule has 6 nitrogen and oxygen atoms in total. The van der Waals surface area contributed by atoms with Gasteiger partial charge in [0.1, 0.15) is 5.82 Å². The number of sulfonamides is 1. The Morgan fingerprint density at radius 2 is 1.88 bits per heavy atom. The van der Waals surface area contributed by atoms with Gasteiger partial charge in [-0.2, -0.15) is 4.31 Å². The second-order valence-electron chi connectivity index (χ2n) is 5.63. The fraction of sp³-hybridized carbons (Fsp3) is 0.235. The quantitative estimate of drug-likeness (QED) is 0.789. The molecular weight excluding hydrogens is 427 g/mol. The summed E-state index contributed by atoms with van der Waals surface area (Å²) in [6.45, 7) is 1.18. The molecule has 0 atom stereocenters. The molecule has 0 aromatic heterocycles. The zero-order valence-corrected chi connectivity index (χ0v) is 16.0. The molecule has 0 unspecified atom stereocenters. The monoisotopic (exact) mass is 442 g/mol. The Morgan fingerprint density at radius 1 is 1.15 bits per heavy atom. The molecule has 2 aromatic rings. The van der Waals surface area contributed by atoms with Crippen LogP contribution in [0, 0.1) is 5.82 Å². The third-order valence-electron chi connectivity index (χ3n) is 3.86. The molecule has 9 heteroatoms. The van der Waals surface area contributed by atoms with Crippen LogP contribution in [0.15, 0.2) is 51.8 Å². The minimum Gasteiger partial charge on any atom is -0.379 e. The maximum absolute atomic E-state index is 13.2. The van der Waals surface area contributed by atoms with E-state index in [1.807, 2.05) is 0 Å². The molecule has 1 fully saturated rings. The first-order valence-electron chi connectivity index (χ1n) is 7.82. The number of rotatable bonds is 4. The van der Waals surface area contributed by atoms with Gasteiger partial charge in [-0.1, -0.05) is 6.07 Å². The van der Waals surface area contributed by atoms with Crippen molar-refractivity contribution < 1.29 is 22.3 Å². The van der Waals surface area contributed by atoms with Crippen molar-refractivity contribution in [3.8, 4) is 0 Å². The zero-order valence-electron chi connectivity index (χ0n) is 13.6. The SMILES string of the molecule is O=C(Nc1cccc(F)c1)c1ccc(Br)c(S(=O)(=O)N2CCOCC2)c1. The molecule has 0 bridgehead atoms. The number of halogens is 2. The van der Waals surface area contributed by atoms with E-state index in [1.165, 1.54) is 40.7 Å². The molecule has 1 amide bonds. The van der Waals surface area contributed by atoms with Crippen LogP contribution in [-0.4, -0.2) is 44.9 Å². The van der Waals surface area contributed by atoms with Crippen LogP contribution in [0.2, 0.25) is 0 Å². The molecule has 1 N–H and O–H groups in total. The van der Waals surface area contributed by atoms with Gasteiger partial charge < -0.3 is 10.1 Å². The largest absolute Gasteiger partial charge is 0.379 e. The number of carbonyl (C=O) groups is 1. The molecule has 1 heterocycles. The van der Waals surface area contributed by atoms with Gasteiger partial charge in [0.2, 0.25) is 10.0 Å². The second-order valence-corrected chi connectivity index (χ2v) is 8.39. The van der Waals surface area contributed by atoms with Crippen molar-refractivity contribution in [3.05, 3.63) is 58.3 Å². The van der Waals surface area contributed by atoms with Crippen molar-refractivity contribution in [2.75, 3.05) is 31.6 Å². The molecule has 138 valence electrons. The summed E-state index contributed by atoms with van der Waals surface area (Å²) < 4.78 is 45.8. The maximum Gasteiger partial charge on any atom is 0.255 e. The van der Waals surface area contributed by atoms with Crippen LogP contribution in [0.1, 0.15) is 10.4 Å². The van der Waals surface area contributed by atoms with Gasteiger partial charge in [0.05, 0.1) is 18.1 Å². The first-order valence-corrected chi connectivity index (χ1v) is 10.1. The number of nitrogens with zero attached hydrogens (tertiary/aromatic N) is 1. The van der Waals surface area contributed by atoms with E-state index in [-0.39, 0.29) is 29.2 Å². The number of nitrogens with one attached hydrogen (secondary N) is 1. The summed E-state index contributed by atoms with van der Waals surface area (Å²) >= 11 is 3.24. The highest BCUT2D eigenvalue weighted by atomic mass is 79.9. The molecule has 0 aliphatic carbocycles. The molecule has 1 aliphatic rings. The number of anilines is 1. The second kappa shape index (κ2) is 7.83. The Hall–Kier alpha value is -1.81. The lowest BCUT2D eigenvalue weighted by Crippen LogP contribution is -2.40. The number of hydrogen-bond donors (Lipinski definition) is 1. The minimum absolute atomic E-state index is 0.00583. The summed E-state index contributed by atoms with van der Waals surface area (Å²) in [5.41, 5.74) is 0.444. The van der Waals surface area contributed by atoms with Crippen LogP contribution >= 0.6 is 15.9 Å². The Bertz CT molecular complexity index is 930. The molecule has 1 saturated heterocycles. The van der Waals surface area contributed by atoms with Gasteiger partial charge in [-0.3, -0.25) is 4.79 Å². The van der Waals surface area contributed by atoms with Crippen molar-refractivity contribution in [1.29, 1.82) is 0 Å². The summed E-state index contributed by atoms with van der Waals surface area (Å²) in [4.78, 5) is 12.4. The highest BCUT2D eigenvalue weighted by molar-refractivity contribution is 9.10. The van der Waals surface area contributed by atoms with Gasteiger partial charge in [-0.15, -0.1) is 0 Å². The summed E-state index contributed by atoms with van der Waals surface area (Å²) in [5, 5.41) is 2.55. The summed E-state index contributed by atoms with van der Waals surface area (Å²) in [7, 11) is -3.76. The third-order valence-corrected chi connectivity index (χ3v) is 6.76. The smallest absolute Gasteiger partial charge is 0.255 e. The summed E-state index contributed by atoms with van der Waals surface area (Å²) in [5.74, 6) is -1.00. The molecule has 2 aromatic carbocycles. The molecule has 3 rings (SSSR count). The van der Waals surface area contributed by atoms with E-state index in [0.29, 0.717) is 17.7 Å². The van der Waals surface area contributed by atoms with E-state index in [9.17, 15) is 17.6 Å². The number of hydrogen-bond acceptors (Lipinski definition) is 4. The lowest BCUT2D eigenvalue weighted by molar-refractivity contribution is 0.0730. The normalized spacial score (nSPS) is 15.6. The Morgan fingerprint density at radius 3 is 2.58 bits per heavy atom. The Labute approximate surface area is 159 Å². The average molecular weight is 443 g/mol. The zero-order chi connectivity index (χ0) is 18.7. The van der Waals surface area contributed by atoms with Crippen molar-refractivity contribution >= 4 is 37.5 Å². The molecule has 0 spiro atoms. The van der Waals surface area contributed by atoms with E-state index in [2.05, 4.69) is 21.2 Å². The molecule has 1 aliphatic heterocycles. The number of amides is 1. The number of ether oxygens (including phenoxy) is 1. The van der Waals surface area contributed by atoms with Crippen LogP contribution in [0.25, 0.3) is 0 Å². The van der Waals surface area contributed by atoms with E-state index in [1.54, 1.807) is 6.07 Å². The lowest BCUT2D eigenvalue weighted by Gasteiger charge is -2.26. The Balaban J connectivity index is 1.88. The topological polar surface area (TPSA) is 75.7 Å². The van der Waals surface area contributed by atoms with Gasteiger partial charge in [0.15, 0.2) is 0 Å². The number of morpholine rings is 1. The molecular formula is C17H16BrFN2O4S. The van der Waals surface area contributed by atoms with E-state index in [4.69, 9.17) is 4.74 Å². The van der Waals surface area contributed by atoms with Gasteiger partial charge >= 0.3 is 0 Å². The van der Waals surface area contributed by atoms with E-state index in [0.717, 1.165) is 0 Å². The van der Waals surface area contributed by atoms with Crippen molar-refractivity contribution in [3.63, 3.8) is 0 Å². The van der Waals surface area contributed by atoms with Crippen LogP contribution in [0.3, 0.4) is 0 Å². The predicted molar refractivity (Wildman–Crippen MR) is 98.1 cm³/mol. The molecule has 0 saturated carbocycles. The first-order chi connectivity index (χ1) is 12.4. The van der Waals surface area contributed by atoms with Crippen molar-refractivity contribution in [1.82, 2.24) is 4.31 Å². The Kier molecular flexibility index (Phi) is 5.71. The van der Waals surface area contributed by atoms with Crippen LogP contribution in [-0.2, 0) is 14.8 Å². The van der Waals surface area contributed by atoms with E-state index < -0.39 is 21.7 Å². The standard InChI is InChI=1S/C17H16BrFN2O4S/c18-15-5-4-12(17(22)20-14-3-1-2-13(19)11-14)10-16(15)26(23,24)21-6-8-25-9-7-21/h1-5,10-11H,6-9H2,(H,20,22). The van der Waals surface area contributed by atoms with Crippen molar-refractivity contribution in [2.45, 2.75) is 4.90 Å². The molecule has 26 heavy (non-hydrogen) atoms. The van der Waals surface area contributed by atoms with Gasteiger partial charge in [-0.05, 0) is 52.3 Å². The van der Waals surface area contributed by atoms with E-state index >= 15 is 0 Å².